The Morgan fingerprint density at radius 1 is 1.00 bits per heavy atom. The number of carbonyl (C=O) groups is 1. The SMILES string of the molecule is O=C1C[C@@H](c2ccccc2)/[N+](=C/c2ccccc2)N1. The summed E-state index contributed by atoms with van der Waals surface area (Å²) in [5.41, 5.74) is 5.11. The lowest BCUT2D eigenvalue weighted by Gasteiger charge is -2.04. The lowest BCUT2D eigenvalue weighted by atomic mass is 10.1. The summed E-state index contributed by atoms with van der Waals surface area (Å²) in [5, 5.41) is 0. The molecular weight excluding hydrogens is 236 g/mol. The molecule has 0 radical (unpaired) electrons. The van der Waals surface area contributed by atoms with E-state index >= 15 is 0 Å². The minimum atomic E-state index is 0.0565. The summed E-state index contributed by atoms with van der Waals surface area (Å²) in [4.78, 5) is 11.7. The summed E-state index contributed by atoms with van der Waals surface area (Å²) >= 11 is 0. The third-order valence-corrected chi connectivity index (χ3v) is 3.24. The average molecular weight is 251 g/mol. The molecule has 2 aromatic rings. The lowest BCUT2D eigenvalue weighted by Crippen LogP contribution is -2.26. The number of carbonyl (C=O) groups excluding carboxylic acids is 1. The van der Waals surface area contributed by atoms with E-state index in [1.54, 1.807) is 0 Å². The maximum Gasteiger partial charge on any atom is 0.281 e. The van der Waals surface area contributed by atoms with Gasteiger partial charge in [-0.15, -0.1) is 10.1 Å². The van der Waals surface area contributed by atoms with Crippen LogP contribution in [-0.4, -0.2) is 16.8 Å². The molecule has 0 aromatic heterocycles. The van der Waals surface area contributed by atoms with Crippen LogP contribution in [0.15, 0.2) is 60.7 Å². The molecule has 0 unspecified atom stereocenters. The topological polar surface area (TPSA) is 32.1 Å². The summed E-state index contributed by atoms with van der Waals surface area (Å²) in [6.07, 6.45) is 2.47. The van der Waals surface area contributed by atoms with Crippen molar-refractivity contribution in [1.29, 1.82) is 0 Å². The quantitative estimate of drug-likeness (QED) is 0.816. The van der Waals surface area contributed by atoms with Gasteiger partial charge in [0.05, 0.1) is 0 Å². The summed E-state index contributed by atoms with van der Waals surface area (Å²) in [7, 11) is 0. The van der Waals surface area contributed by atoms with Gasteiger partial charge in [-0.05, 0) is 12.1 Å². The first-order valence-corrected chi connectivity index (χ1v) is 6.35. The Kier molecular flexibility index (Phi) is 3.11. The zero-order valence-corrected chi connectivity index (χ0v) is 10.5. The van der Waals surface area contributed by atoms with E-state index in [9.17, 15) is 4.79 Å². The highest BCUT2D eigenvalue weighted by atomic mass is 16.2. The fraction of sp³-hybridized carbons (Fsp3) is 0.125. The number of amides is 1. The van der Waals surface area contributed by atoms with Gasteiger partial charge in [0, 0.05) is 11.1 Å². The summed E-state index contributed by atoms with van der Waals surface area (Å²) in [5.74, 6) is 0.0565. The van der Waals surface area contributed by atoms with Crippen LogP contribution in [0.4, 0.5) is 0 Å². The smallest absolute Gasteiger partial charge is 0.269 e. The van der Waals surface area contributed by atoms with Crippen LogP contribution in [-0.2, 0) is 4.79 Å². The molecule has 3 heteroatoms. The standard InChI is InChI=1S/C16H14N2O/c19-16-11-15(14-9-5-2-6-10-14)18(17-16)12-13-7-3-1-4-8-13/h1-10,12,15H,11H2/p+1/b18-12-/t15-/m0/s1. The molecule has 1 fully saturated rings. The van der Waals surface area contributed by atoms with E-state index in [0.717, 1.165) is 11.1 Å². The van der Waals surface area contributed by atoms with Gasteiger partial charge in [0.2, 0.25) is 12.3 Å². The van der Waals surface area contributed by atoms with Crippen LogP contribution < -0.4 is 5.43 Å². The Balaban J connectivity index is 1.95. The number of hydrazine groups is 1. The molecule has 1 aliphatic rings. The molecule has 3 nitrogen and oxygen atoms in total. The van der Waals surface area contributed by atoms with Crippen LogP contribution >= 0.6 is 0 Å². The van der Waals surface area contributed by atoms with E-state index in [1.807, 2.05) is 59.4 Å². The fourth-order valence-corrected chi connectivity index (χ4v) is 2.32. The number of hydrogen-bond donors (Lipinski definition) is 1. The van der Waals surface area contributed by atoms with Gasteiger partial charge in [0.25, 0.3) is 5.91 Å². The highest BCUT2D eigenvalue weighted by Gasteiger charge is 2.35. The van der Waals surface area contributed by atoms with Gasteiger partial charge in [0.1, 0.15) is 6.42 Å². The largest absolute Gasteiger partial charge is 0.281 e. The molecule has 1 aliphatic heterocycles. The van der Waals surface area contributed by atoms with E-state index < -0.39 is 0 Å². The average Bonchev–Trinajstić information content (AvgIpc) is 2.82. The maximum atomic E-state index is 11.7. The summed E-state index contributed by atoms with van der Waals surface area (Å²) in [6, 6.07) is 20.1. The van der Waals surface area contributed by atoms with Crippen molar-refractivity contribution in [2.24, 2.45) is 0 Å². The maximum absolute atomic E-state index is 11.7. The third kappa shape index (κ3) is 2.55. The van der Waals surface area contributed by atoms with Crippen molar-refractivity contribution < 1.29 is 9.48 Å². The molecular formula is C16H15N2O+. The minimum absolute atomic E-state index is 0.0565. The second kappa shape index (κ2) is 5.06. The number of nitrogens with zero attached hydrogens (tertiary/aromatic N) is 1. The van der Waals surface area contributed by atoms with Gasteiger partial charge < -0.3 is 0 Å². The van der Waals surface area contributed by atoms with Crippen LogP contribution in [0.1, 0.15) is 23.6 Å². The molecule has 1 saturated heterocycles. The Bertz CT molecular complexity index is 605. The first-order valence-electron chi connectivity index (χ1n) is 6.35. The van der Waals surface area contributed by atoms with Crippen LogP contribution in [0.25, 0.3) is 0 Å². The number of benzene rings is 2. The molecule has 0 bridgehead atoms. The van der Waals surface area contributed by atoms with Crippen molar-refractivity contribution >= 4 is 12.1 Å². The highest BCUT2D eigenvalue weighted by Crippen LogP contribution is 2.23. The van der Waals surface area contributed by atoms with Gasteiger partial charge in [0.15, 0.2) is 0 Å². The number of hydrazone groups is 1. The van der Waals surface area contributed by atoms with Crippen molar-refractivity contribution in [3.05, 3.63) is 71.8 Å². The van der Waals surface area contributed by atoms with Gasteiger partial charge >= 0.3 is 0 Å². The van der Waals surface area contributed by atoms with Crippen molar-refractivity contribution in [2.45, 2.75) is 12.5 Å². The van der Waals surface area contributed by atoms with Gasteiger partial charge in [-0.2, -0.15) is 0 Å². The van der Waals surface area contributed by atoms with Crippen molar-refractivity contribution in [3.8, 4) is 0 Å². The summed E-state index contributed by atoms with van der Waals surface area (Å²) < 4.78 is 1.90. The Hall–Kier alpha value is -2.42. The second-order valence-corrected chi connectivity index (χ2v) is 4.61. The molecule has 3 rings (SSSR count). The molecule has 2 aromatic carbocycles. The minimum Gasteiger partial charge on any atom is -0.269 e. The van der Waals surface area contributed by atoms with Crippen molar-refractivity contribution in [2.75, 3.05) is 0 Å². The highest BCUT2D eigenvalue weighted by molar-refractivity contribution is 5.80. The fourth-order valence-electron chi connectivity index (χ4n) is 2.32. The van der Waals surface area contributed by atoms with Crippen molar-refractivity contribution in [3.63, 3.8) is 0 Å². The molecule has 1 amide bonds. The van der Waals surface area contributed by atoms with E-state index in [1.165, 1.54) is 0 Å². The Morgan fingerprint density at radius 2 is 1.63 bits per heavy atom. The van der Waals surface area contributed by atoms with Crippen molar-refractivity contribution in [1.82, 2.24) is 5.43 Å². The number of rotatable bonds is 2. The van der Waals surface area contributed by atoms with Crippen LogP contribution in [0, 0.1) is 0 Å². The zero-order valence-electron chi connectivity index (χ0n) is 10.5. The lowest BCUT2D eigenvalue weighted by molar-refractivity contribution is -0.594. The predicted molar refractivity (Wildman–Crippen MR) is 73.8 cm³/mol. The van der Waals surface area contributed by atoms with E-state index in [-0.39, 0.29) is 11.9 Å². The third-order valence-electron chi connectivity index (χ3n) is 3.24. The van der Waals surface area contributed by atoms with Gasteiger partial charge in [-0.1, -0.05) is 48.5 Å². The summed E-state index contributed by atoms with van der Waals surface area (Å²) in [6.45, 7) is 0. The van der Waals surface area contributed by atoms with Crippen LogP contribution in [0.3, 0.4) is 0 Å². The predicted octanol–water partition coefficient (Wildman–Crippen LogP) is 2.29. The van der Waals surface area contributed by atoms with Gasteiger partial charge in [-0.3, -0.25) is 4.79 Å². The van der Waals surface area contributed by atoms with E-state index in [0.29, 0.717) is 6.42 Å². The van der Waals surface area contributed by atoms with Gasteiger partial charge in [-0.25, -0.2) is 0 Å². The van der Waals surface area contributed by atoms with E-state index in [4.69, 9.17) is 0 Å². The number of hydrogen-bond acceptors (Lipinski definition) is 1. The molecule has 0 spiro atoms. The first-order chi connectivity index (χ1) is 9.33. The van der Waals surface area contributed by atoms with E-state index in [2.05, 4.69) is 17.6 Å². The molecule has 0 aliphatic carbocycles. The molecule has 19 heavy (non-hydrogen) atoms. The molecule has 1 atom stereocenters. The first kappa shape index (κ1) is 11.7. The van der Waals surface area contributed by atoms with Crippen LogP contribution in [0.5, 0.6) is 0 Å². The molecule has 94 valence electrons. The number of nitrogens with one attached hydrogen (secondary N) is 1. The zero-order chi connectivity index (χ0) is 13.1. The molecule has 1 heterocycles. The Labute approximate surface area is 112 Å². The van der Waals surface area contributed by atoms with Crippen LogP contribution in [0.2, 0.25) is 0 Å². The Morgan fingerprint density at radius 3 is 2.32 bits per heavy atom. The monoisotopic (exact) mass is 251 g/mol. The molecule has 0 saturated carbocycles. The second-order valence-electron chi connectivity index (χ2n) is 4.61. The molecule has 1 N–H and O–H groups in total. The normalized spacial score (nSPS) is 20.5.